The Hall–Kier alpha value is -3.50. The number of oxazole rings is 1. The summed E-state index contributed by atoms with van der Waals surface area (Å²) in [6.45, 7) is 21.2. The van der Waals surface area contributed by atoms with Crippen molar-refractivity contribution < 1.29 is 26.9 Å². The van der Waals surface area contributed by atoms with E-state index < -0.39 is 10.1 Å². The first-order valence-corrected chi connectivity index (χ1v) is 18.7. The molecule has 1 fully saturated rings. The van der Waals surface area contributed by atoms with Crippen LogP contribution >= 0.6 is 0 Å². The van der Waals surface area contributed by atoms with Gasteiger partial charge in [0, 0.05) is 24.5 Å². The van der Waals surface area contributed by atoms with E-state index in [2.05, 4.69) is 84.9 Å². The number of benzene rings is 3. The van der Waals surface area contributed by atoms with Gasteiger partial charge < -0.3 is 24.2 Å². The van der Waals surface area contributed by atoms with E-state index in [9.17, 15) is 13.0 Å². The van der Waals surface area contributed by atoms with Crippen molar-refractivity contribution in [1.29, 1.82) is 0 Å². The maximum Gasteiger partial charge on any atom is 0.226 e. The highest BCUT2D eigenvalue weighted by atomic mass is 32.2. The fourth-order valence-corrected chi connectivity index (χ4v) is 5.36. The Labute approximate surface area is 295 Å². The molecule has 4 aromatic rings. The van der Waals surface area contributed by atoms with Gasteiger partial charge in [0.25, 0.3) is 0 Å². The van der Waals surface area contributed by atoms with Crippen LogP contribution in [-0.2, 0) is 21.3 Å². The largest absolute Gasteiger partial charge is 0.744 e. The molecule has 0 bridgehead atoms. The molecule has 1 aliphatic heterocycles. The molecule has 0 radical (unpaired) electrons. The van der Waals surface area contributed by atoms with Gasteiger partial charge in [-0.05, 0) is 87.9 Å². The SMILES string of the molecule is CC1CCOC1C.CCC(C)c1ccccc1-c1nc(CCOc2ccc(C)cc2)c(C(C)C)o1.CCN.Cc1ccc(S(=O)(=O)[O-])cc1. The Morgan fingerprint density at radius 3 is 1.98 bits per heavy atom. The van der Waals surface area contributed by atoms with Crippen LogP contribution in [0.25, 0.3) is 11.5 Å². The molecule has 2 N–H and O–H groups in total. The Morgan fingerprint density at radius 2 is 1.51 bits per heavy atom. The smallest absolute Gasteiger partial charge is 0.226 e. The van der Waals surface area contributed by atoms with Crippen LogP contribution in [0.4, 0.5) is 0 Å². The molecule has 0 aliphatic carbocycles. The molecule has 9 heteroatoms. The quantitative estimate of drug-likeness (QED) is 0.172. The molecule has 3 aromatic carbocycles. The predicted molar refractivity (Wildman–Crippen MR) is 198 cm³/mol. The van der Waals surface area contributed by atoms with E-state index in [-0.39, 0.29) is 10.8 Å². The molecule has 8 nitrogen and oxygen atoms in total. The Morgan fingerprint density at radius 1 is 0.939 bits per heavy atom. The summed E-state index contributed by atoms with van der Waals surface area (Å²) in [5, 5.41) is 0. The maximum absolute atomic E-state index is 10.4. The molecule has 2 heterocycles. The third kappa shape index (κ3) is 14.1. The average molecular weight is 694 g/mol. The van der Waals surface area contributed by atoms with Crippen molar-refractivity contribution in [1.82, 2.24) is 4.98 Å². The summed E-state index contributed by atoms with van der Waals surface area (Å²) >= 11 is 0. The standard InChI is InChI=1S/C25H31NO2.C7H8O3S.C6H12O.C2H7N/c1-6-19(5)21-9-7-8-10-22(21)25-26-23(24(28-25)17(2)3)15-16-27-20-13-11-18(4)12-14-20;1-6-2-4-7(5-3-6)11(8,9)10;1-5-3-4-7-6(5)2;1-2-3/h7-14,17,19H,6,15-16H2,1-5H3;2-5H,1H3,(H,8,9,10);5-6H,3-4H2,1-2H3;2-3H2,1H3/p-1. The number of aromatic nitrogens is 1. The molecule has 0 amide bonds. The van der Waals surface area contributed by atoms with E-state index in [4.69, 9.17) is 24.6 Å². The molecule has 5 rings (SSSR count). The van der Waals surface area contributed by atoms with Crippen LogP contribution in [0.3, 0.4) is 0 Å². The minimum Gasteiger partial charge on any atom is -0.744 e. The number of aryl methyl sites for hydroxylation is 2. The minimum absolute atomic E-state index is 0.178. The molecular weight excluding hydrogens is 637 g/mol. The normalized spacial score (nSPS) is 16.0. The van der Waals surface area contributed by atoms with Gasteiger partial charge >= 0.3 is 0 Å². The lowest BCUT2D eigenvalue weighted by molar-refractivity contribution is 0.109. The van der Waals surface area contributed by atoms with Gasteiger partial charge in [-0.2, -0.15) is 0 Å². The van der Waals surface area contributed by atoms with E-state index >= 15 is 0 Å². The predicted octanol–water partition coefficient (Wildman–Crippen LogP) is 9.20. The van der Waals surface area contributed by atoms with Gasteiger partial charge in [0.2, 0.25) is 5.89 Å². The van der Waals surface area contributed by atoms with Crippen molar-refractivity contribution in [2.24, 2.45) is 11.7 Å². The number of hydrogen-bond donors (Lipinski definition) is 1. The molecule has 3 atom stereocenters. The summed E-state index contributed by atoms with van der Waals surface area (Å²) in [7, 11) is -4.27. The first-order chi connectivity index (χ1) is 23.2. The first-order valence-electron chi connectivity index (χ1n) is 17.3. The summed E-state index contributed by atoms with van der Waals surface area (Å²) < 4.78 is 48.6. The highest BCUT2D eigenvalue weighted by molar-refractivity contribution is 7.85. The summed E-state index contributed by atoms with van der Waals surface area (Å²) in [5.41, 5.74) is 10.4. The van der Waals surface area contributed by atoms with Crippen molar-refractivity contribution in [2.45, 2.75) is 104 Å². The second-order valence-electron chi connectivity index (χ2n) is 12.8. The Kier molecular flexibility index (Phi) is 17.8. The molecule has 0 spiro atoms. The molecule has 49 heavy (non-hydrogen) atoms. The monoisotopic (exact) mass is 693 g/mol. The van der Waals surface area contributed by atoms with E-state index in [1.54, 1.807) is 12.1 Å². The fraction of sp³-hybridized carbons (Fsp3) is 0.475. The van der Waals surface area contributed by atoms with Crippen LogP contribution < -0.4 is 10.5 Å². The summed E-state index contributed by atoms with van der Waals surface area (Å²) in [6, 6.07) is 22.4. The molecular formula is C40H57N2O6S-. The zero-order chi connectivity index (χ0) is 36.6. The van der Waals surface area contributed by atoms with Gasteiger partial charge in [-0.25, -0.2) is 13.4 Å². The lowest BCUT2D eigenvalue weighted by atomic mass is 9.94. The minimum atomic E-state index is -4.27. The lowest BCUT2D eigenvalue weighted by Crippen LogP contribution is -2.05. The zero-order valence-electron chi connectivity index (χ0n) is 30.9. The highest BCUT2D eigenvalue weighted by Gasteiger charge is 2.20. The van der Waals surface area contributed by atoms with Crippen molar-refractivity contribution in [3.8, 4) is 17.2 Å². The van der Waals surface area contributed by atoms with Gasteiger partial charge in [0.1, 0.15) is 21.6 Å². The summed E-state index contributed by atoms with van der Waals surface area (Å²) in [5.74, 6) is 4.12. The highest BCUT2D eigenvalue weighted by Crippen LogP contribution is 2.33. The van der Waals surface area contributed by atoms with Crippen LogP contribution in [0, 0.1) is 19.8 Å². The molecule has 1 saturated heterocycles. The summed E-state index contributed by atoms with van der Waals surface area (Å²) in [4.78, 5) is 4.70. The fourth-order valence-electron chi connectivity index (χ4n) is 4.89. The maximum atomic E-state index is 10.4. The molecule has 3 unspecified atom stereocenters. The second kappa shape index (κ2) is 20.9. The van der Waals surface area contributed by atoms with Crippen molar-refractivity contribution >= 4 is 10.1 Å². The zero-order valence-corrected chi connectivity index (χ0v) is 31.7. The van der Waals surface area contributed by atoms with Crippen molar-refractivity contribution in [2.75, 3.05) is 19.8 Å². The van der Waals surface area contributed by atoms with E-state index in [1.807, 2.05) is 26.0 Å². The number of rotatable bonds is 9. The Bertz CT molecular complexity index is 1610. The topological polar surface area (TPSA) is 128 Å². The van der Waals surface area contributed by atoms with Crippen LogP contribution in [0.1, 0.15) is 101 Å². The third-order valence-electron chi connectivity index (χ3n) is 8.28. The van der Waals surface area contributed by atoms with Crippen LogP contribution in [0.2, 0.25) is 0 Å². The number of nitrogens with two attached hydrogens (primary N) is 1. The van der Waals surface area contributed by atoms with E-state index in [0.717, 1.165) is 66.1 Å². The number of nitrogens with zero attached hydrogens (tertiary/aromatic N) is 1. The van der Waals surface area contributed by atoms with Crippen LogP contribution in [0.5, 0.6) is 5.75 Å². The molecule has 0 saturated carbocycles. The van der Waals surface area contributed by atoms with Gasteiger partial charge in [-0.1, -0.05) is 95.1 Å². The average Bonchev–Trinajstić information content (AvgIpc) is 3.67. The molecule has 270 valence electrons. The van der Waals surface area contributed by atoms with Gasteiger partial charge in [-0.3, -0.25) is 0 Å². The first kappa shape index (κ1) is 41.7. The second-order valence-corrected chi connectivity index (χ2v) is 14.2. The van der Waals surface area contributed by atoms with E-state index in [1.165, 1.54) is 29.7 Å². The van der Waals surface area contributed by atoms with Gasteiger partial charge in [0.15, 0.2) is 0 Å². The number of hydrogen-bond acceptors (Lipinski definition) is 8. The summed E-state index contributed by atoms with van der Waals surface area (Å²) in [6.07, 6.45) is 3.59. The number of ether oxygens (including phenoxy) is 2. The molecule has 1 aromatic heterocycles. The van der Waals surface area contributed by atoms with Crippen molar-refractivity contribution in [3.05, 3.63) is 101 Å². The van der Waals surface area contributed by atoms with Gasteiger partial charge in [0.05, 0.1) is 23.3 Å². The van der Waals surface area contributed by atoms with Crippen LogP contribution in [-0.4, -0.2) is 43.8 Å². The van der Waals surface area contributed by atoms with Crippen molar-refractivity contribution in [3.63, 3.8) is 0 Å². The van der Waals surface area contributed by atoms with Gasteiger partial charge in [-0.15, -0.1) is 0 Å². The third-order valence-corrected chi connectivity index (χ3v) is 9.13. The lowest BCUT2D eigenvalue weighted by Gasteiger charge is -2.12. The molecule has 1 aliphatic rings. The Balaban J connectivity index is 0.000000321. The van der Waals surface area contributed by atoms with Crippen LogP contribution in [0.15, 0.2) is 82.1 Å². The van der Waals surface area contributed by atoms with E-state index in [0.29, 0.717) is 18.6 Å².